The number of carbonyl (C=O) groups excluding carboxylic acids is 1. The van der Waals surface area contributed by atoms with Crippen LogP contribution in [0, 0.1) is 5.92 Å². The van der Waals surface area contributed by atoms with Crippen LogP contribution in [0.2, 0.25) is 0 Å². The zero-order valence-corrected chi connectivity index (χ0v) is 16.7. The smallest absolute Gasteiger partial charge is 0.244 e. The Balaban J connectivity index is 1.48. The highest BCUT2D eigenvalue weighted by molar-refractivity contribution is 5.75. The number of nitrogens with zero attached hydrogens (tertiary/aromatic N) is 6. The fourth-order valence-electron chi connectivity index (χ4n) is 3.41. The second-order valence-electron chi connectivity index (χ2n) is 7.74. The lowest BCUT2D eigenvalue weighted by Gasteiger charge is -2.29. The SMILES string of the molecule is CC1CCN(Cc2nnnn2CC(=O)N(C)CC[C@@H](O)c2ccccc2)CC1. The van der Waals surface area contributed by atoms with Crippen molar-refractivity contribution in [3.63, 3.8) is 0 Å². The second-order valence-corrected chi connectivity index (χ2v) is 7.74. The standard InChI is InChI=1S/C20H30N6O2/c1-16-8-12-25(13-9-16)14-19-21-22-23-26(19)15-20(28)24(2)11-10-18(27)17-6-4-3-5-7-17/h3-7,16,18,27H,8-15H2,1-2H3/t18-/m1/s1. The number of likely N-dealkylation sites (N-methyl/N-ethyl adjacent to an activating group) is 1. The minimum absolute atomic E-state index is 0.0684. The second kappa shape index (κ2) is 9.75. The van der Waals surface area contributed by atoms with E-state index in [0.717, 1.165) is 30.4 Å². The average molecular weight is 387 g/mol. The summed E-state index contributed by atoms with van der Waals surface area (Å²) in [7, 11) is 1.75. The largest absolute Gasteiger partial charge is 0.388 e. The summed E-state index contributed by atoms with van der Waals surface area (Å²) in [6.45, 7) is 5.62. The maximum absolute atomic E-state index is 12.6. The first-order valence-corrected chi connectivity index (χ1v) is 9.97. The Morgan fingerprint density at radius 1 is 1.29 bits per heavy atom. The van der Waals surface area contributed by atoms with Gasteiger partial charge in [-0.15, -0.1) is 5.10 Å². The molecule has 0 spiro atoms. The van der Waals surface area contributed by atoms with Gasteiger partial charge in [0.1, 0.15) is 6.54 Å². The van der Waals surface area contributed by atoms with Crippen molar-refractivity contribution in [1.29, 1.82) is 0 Å². The number of aliphatic hydroxyl groups excluding tert-OH is 1. The Hall–Kier alpha value is -2.32. The summed E-state index contributed by atoms with van der Waals surface area (Å²) in [6.07, 6.45) is 2.28. The number of aliphatic hydroxyl groups is 1. The molecule has 8 nitrogen and oxygen atoms in total. The van der Waals surface area contributed by atoms with Crippen LogP contribution >= 0.6 is 0 Å². The van der Waals surface area contributed by atoms with Crippen molar-refractivity contribution in [2.75, 3.05) is 26.7 Å². The maximum Gasteiger partial charge on any atom is 0.244 e. The Labute approximate surface area is 166 Å². The molecule has 0 saturated carbocycles. The molecule has 0 bridgehead atoms. The number of tetrazole rings is 1. The van der Waals surface area contributed by atoms with E-state index in [9.17, 15) is 9.90 Å². The number of amides is 1. The number of rotatable bonds is 8. The lowest BCUT2D eigenvalue weighted by Crippen LogP contribution is -2.35. The molecule has 1 saturated heterocycles. The van der Waals surface area contributed by atoms with Crippen molar-refractivity contribution in [3.05, 3.63) is 41.7 Å². The molecule has 152 valence electrons. The molecule has 1 fully saturated rings. The summed E-state index contributed by atoms with van der Waals surface area (Å²) in [5, 5.41) is 22.1. The molecule has 0 aliphatic carbocycles. The van der Waals surface area contributed by atoms with E-state index >= 15 is 0 Å². The van der Waals surface area contributed by atoms with Gasteiger partial charge in [-0.25, -0.2) is 4.68 Å². The molecule has 8 heteroatoms. The Kier molecular flexibility index (Phi) is 7.11. The van der Waals surface area contributed by atoms with Crippen molar-refractivity contribution in [3.8, 4) is 0 Å². The highest BCUT2D eigenvalue weighted by Gasteiger charge is 2.20. The van der Waals surface area contributed by atoms with Gasteiger partial charge in [0, 0.05) is 13.6 Å². The van der Waals surface area contributed by atoms with Gasteiger partial charge in [-0.3, -0.25) is 9.69 Å². The third kappa shape index (κ3) is 5.59. The molecule has 1 aliphatic heterocycles. The molecule has 28 heavy (non-hydrogen) atoms. The molecular formula is C20H30N6O2. The molecule has 2 heterocycles. The quantitative estimate of drug-likeness (QED) is 0.740. The van der Waals surface area contributed by atoms with Gasteiger partial charge < -0.3 is 10.0 Å². The van der Waals surface area contributed by atoms with Gasteiger partial charge in [0.15, 0.2) is 5.82 Å². The summed E-state index contributed by atoms with van der Waals surface area (Å²) >= 11 is 0. The van der Waals surface area contributed by atoms with Crippen LogP contribution < -0.4 is 0 Å². The number of carbonyl (C=O) groups is 1. The zero-order valence-electron chi connectivity index (χ0n) is 16.7. The molecule has 2 aromatic rings. The molecule has 0 unspecified atom stereocenters. The number of aromatic nitrogens is 4. The Morgan fingerprint density at radius 3 is 2.71 bits per heavy atom. The van der Waals surface area contributed by atoms with E-state index in [-0.39, 0.29) is 12.5 Å². The van der Waals surface area contributed by atoms with Gasteiger partial charge in [0.25, 0.3) is 0 Å². The first-order valence-electron chi connectivity index (χ1n) is 9.97. The Morgan fingerprint density at radius 2 is 2.00 bits per heavy atom. The van der Waals surface area contributed by atoms with Crippen molar-refractivity contribution in [2.45, 2.75) is 45.4 Å². The Bertz CT molecular complexity index is 742. The first-order chi connectivity index (χ1) is 13.5. The van der Waals surface area contributed by atoms with Gasteiger partial charge in [-0.1, -0.05) is 37.3 Å². The number of piperidine rings is 1. The number of hydrogen-bond donors (Lipinski definition) is 1. The number of hydrogen-bond acceptors (Lipinski definition) is 6. The topological polar surface area (TPSA) is 87.4 Å². The average Bonchev–Trinajstić information content (AvgIpc) is 3.14. The minimum atomic E-state index is -0.582. The summed E-state index contributed by atoms with van der Waals surface area (Å²) in [4.78, 5) is 16.5. The van der Waals surface area contributed by atoms with E-state index in [1.807, 2.05) is 30.3 Å². The maximum atomic E-state index is 12.6. The van der Waals surface area contributed by atoms with Crippen molar-refractivity contribution >= 4 is 5.91 Å². The lowest BCUT2D eigenvalue weighted by atomic mass is 9.99. The van der Waals surface area contributed by atoms with Crippen LogP contribution in [0.5, 0.6) is 0 Å². The first kappa shape index (κ1) is 20.4. The van der Waals surface area contributed by atoms with Crippen LogP contribution in [-0.4, -0.2) is 67.7 Å². The molecule has 1 aromatic carbocycles. The van der Waals surface area contributed by atoms with E-state index in [2.05, 4.69) is 27.3 Å². The van der Waals surface area contributed by atoms with Crippen molar-refractivity contribution < 1.29 is 9.90 Å². The van der Waals surface area contributed by atoms with Crippen LogP contribution in [0.25, 0.3) is 0 Å². The monoisotopic (exact) mass is 386 g/mol. The molecule has 0 radical (unpaired) electrons. The fourth-order valence-corrected chi connectivity index (χ4v) is 3.41. The lowest BCUT2D eigenvalue weighted by molar-refractivity contribution is -0.131. The normalized spacial score (nSPS) is 16.8. The van der Waals surface area contributed by atoms with E-state index in [1.165, 1.54) is 12.8 Å². The van der Waals surface area contributed by atoms with E-state index < -0.39 is 6.10 Å². The van der Waals surface area contributed by atoms with Gasteiger partial charge >= 0.3 is 0 Å². The molecular weight excluding hydrogens is 356 g/mol. The van der Waals surface area contributed by atoms with Crippen LogP contribution in [0.15, 0.2) is 30.3 Å². The summed E-state index contributed by atoms with van der Waals surface area (Å²) in [5.74, 6) is 1.43. The summed E-state index contributed by atoms with van der Waals surface area (Å²) < 4.78 is 1.59. The summed E-state index contributed by atoms with van der Waals surface area (Å²) in [6, 6.07) is 9.49. The van der Waals surface area contributed by atoms with E-state index in [1.54, 1.807) is 16.6 Å². The predicted molar refractivity (Wildman–Crippen MR) is 105 cm³/mol. The van der Waals surface area contributed by atoms with Gasteiger partial charge in [0.2, 0.25) is 5.91 Å². The molecule has 1 amide bonds. The molecule has 1 atom stereocenters. The number of likely N-dealkylation sites (tertiary alicyclic amines) is 1. The van der Waals surface area contributed by atoms with Crippen LogP contribution in [0.3, 0.4) is 0 Å². The van der Waals surface area contributed by atoms with Gasteiger partial charge in [-0.2, -0.15) is 0 Å². The van der Waals surface area contributed by atoms with E-state index in [0.29, 0.717) is 19.5 Å². The molecule has 1 aromatic heterocycles. The van der Waals surface area contributed by atoms with Gasteiger partial charge in [0.05, 0.1) is 12.6 Å². The fraction of sp³-hybridized carbons (Fsp3) is 0.600. The highest BCUT2D eigenvalue weighted by Crippen LogP contribution is 2.18. The van der Waals surface area contributed by atoms with Crippen LogP contribution in [0.1, 0.15) is 43.7 Å². The molecule has 1 aliphatic rings. The van der Waals surface area contributed by atoms with Crippen LogP contribution in [-0.2, 0) is 17.9 Å². The van der Waals surface area contributed by atoms with Crippen molar-refractivity contribution in [1.82, 2.24) is 30.0 Å². The molecule has 3 rings (SSSR count). The highest BCUT2D eigenvalue weighted by atomic mass is 16.3. The third-order valence-corrected chi connectivity index (χ3v) is 5.48. The molecule has 1 N–H and O–H groups in total. The van der Waals surface area contributed by atoms with E-state index in [4.69, 9.17) is 0 Å². The third-order valence-electron chi connectivity index (χ3n) is 5.48. The predicted octanol–water partition coefficient (Wildman–Crippen LogP) is 1.49. The van der Waals surface area contributed by atoms with Crippen LogP contribution in [0.4, 0.5) is 0 Å². The number of benzene rings is 1. The zero-order chi connectivity index (χ0) is 19.9. The summed E-state index contributed by atoms with van der Waals surface area (Å²) in [5.41, 5.74) is 0.863. The minimum Gasteiger partial charge on any atom is -0.388 e. The van der Waals surface area contributed by atoms with Gasteiger partial charge in [-0.05, 0) is 54.3 Å². The van der Waals surface area contributed by atoms with Crippen molar-refractivity contribution in [2.24, 2.45) is 5.92 Å².